The van der Waals surface area contributed by atoms with Crippen molar-refractivity contribution in [2.45, 2.75) is 38.6 Å². The van der Waals surface area contributed by atoms with E-state index in [0.29, 0.717) is 45.7 Å². The number of anilines is 1. The molecule has 0 saturated carbocycles. The van der Waals surface area contributed by atoms with Crippen LogP contribution in [0.5, 0.6) is 0 Å². The predicted octanol–water partition coefficient (Wildman–Crippen LogP) is 3.09. The Labute approximate surface area is 201 Å². The molecule has 1 N–H and O–H groups in total. The van der Waals surface area contributed by atoms with Crippen molar-refractivity contribution in [3.63, 3.8) is 0 Å². The molecule has 2 aliphatic heterocycles. The number of rotatable bonds is 7. The summed E-state index contributed by atoms with van der Waals surface area (Å²) in [5.74, 6) is -0.0136. The molecule has 0 bridgehead atoms. The lowest BCUT2D eigenvalue weighted by Crippen LogP contribution is -2.54. The molecule has 2 fully saturated rings. The van der Waals surface area contributed by atoms with E-state index in [1.807, 2.05) is 59.5 Å². The Morgan fingerprint density at radius 1 is 0.912 bits per heavy atom. The highest BCUT2D eigenvalue weighted by Gasteiger charge is 2.36. The van der Waals surface area contributed by atoms with Crippen LogP contribution in [0.1, 0.15) is 43.4 Å². The van der Waals surface area contributed by atoms with E-state index in [4.69, 9.17) is 0 Å². The number of hydrogen-bond acceptors (Lipinski definition) is 4. The van der Waals surface area contributed by atoms with Crippen LogP contribution in [-0.4, -0.2) is 71.7 Å². The number of piperazine rings is 1. The van der Waals surface area contributed by atoms with Crippen LogP contribution in [0.2, 0.25) is 0 Å². The largest absolute Gasteiger partial charge is 0.338 e. The second-order valence-electron chi connectivity index (χ2n) is 9.02. The van der Waals surface area contributed by atoms with E-state index < -0.39 is 6.04 Å². The predicted molar refractivity (Wildman–Crippen MR) is 132 cm³/mol. The summed E-state index contributed by atoms with van der Waals surface area (Å²) in [6.07, 6.45) is 3.17. The highest BCUT2D eigenvalue weighted by molar-refractivity contribution is 5.93. The molecule has 7 nitrogen and oxygen atoms in total. The second kappa shape index (κ2) is 11.3. The first-order chi connectivity index (χ1) is 16.6. The second-order valence-corrected chi connectivity index (χ2v) is 9.02. The van der Waals surface area contributed by atoms with Crippen molar-refractivity contribution in [3.8, 4) is 0 Å². The molecule has 180 valence electrons. The summed E-state index contributed by atoms with van der Waals surface area (Å²) in [5, 5.41) is 3.03. The summed E-state index contributed by atoms with van der Waals surface area (Å²) >= 11 is 0. The lowest BCUT2D eigenvalue weighted by molar-refractivity contribution is -0.149. The maximum atomic E-state index is 13.6. The summed E-state index contributed by atoms with van der Waals surface area (Å²) in [6, 6.07) is 16.9. The fourth-order valence-corrected chi connectivity index (χ4v) is 4.83. The van der Waals surface area contributed by atoms with E-state index in [9.17, 15) is 14.4 Å². The van der Waals surface area contributed by atoms with E-state index >= 15 is 0 Å². The number of para-hydroxylation sites is 1. The molecule has 7 heteroatoms. The van der Waals surface area contributed by atoms with Crippen LogP contribution in [-0.2, 0) is 20.8 Å². The van der Waals surface area contributed by atoms with Gasteiger partial charge in [-0.25, -0.2) is 0 Å². The van der Waals surface area contributed by atoms with Crippen molar-refractivity contribution < 1.29 is 14.4 Å². The van der Waals surface area contributed by atoms with Crippen molar-refractivity contribution in [1.29, 1.82) is 0 Å². The topological polar surface area (TPSA) is 73.0 Å². The highest BCUT2D eigenvalue weighted by Crippen LogP contribution is 2.28. The molecule has 1 unspecified atom stereocenters. The van der Waals surface area contributed by atoms with Gasteiger partial charge in [0.2, 0.25) is 17.7 Å². The monoisotopic (exact) mass is 462 g/mol. The normalized spacial score (nSPS) is 18.0. The van der Waals surface area contributed by atoms with Crippen LogP contribution in [0.15, 0.2) is 54.6 Å². The third-order valence-corrected chi connectivity index (χ3v) is 6.74. The molecule has 0 aliphatic carbocycles. The SMILES string of the molecule is CCc1ccccc1NC(=O)CN1CCN(C(=O)C(c2ccccc2)N2CCCCC2=O)CC1. The van der Waals surface area contributed by atoms with E-state index in [2.05, 4.69) is 17.1 Å². The first kappa shape index (κ1) is 24.0. The van der Waals surface area contributed by atoms with Crippen molar-refractivity contribution in [1.82, 2.24) is 14.7 Å². The summed E-state index contributed by atoms with van der Waals surface area (Å²) < 4.78 is 0. The van der Waals surface area contributed by atoms with Gasteiger partial charge in [-0.05, 0) is 36.5 Å². The lowest BCUT2D eigenvalue weighted by Gasteiger charge is -2.40. The number of carbonyl (C=O) groups excluding carboxylic acids is 3. The van der Waals surface area contributed by atoms with Crippen LogP contribution in [0, 0.1) is 0 Å². The highest BCUT2D eigenvalue weighted by atomic mass is 16.2. The van der Waals surface area contributed by atoms with Gasteiger partial charge in [-0.3, -0.25) is 19.3 Å². The molecule has 2 aliphatic rings. The zero-order chi connectivity index (χ0) is 23.9. The van der Waals surface area contributed by atoms with Crippen molar-refractivity contribution >= 4 is 23.4 Å². The van der Waals surface area contributed by atoms with Gasteiger partial charge in [0, 0.05) is 44.8 Å². The molecule has 2 aromatic rings. The fourth-order valence-electron chi connectivity index (χ4n) is 4.83. The first-order valence-corrected chi connectivity index (χ1v) is 12.3. The van der Waals surface area contributed by atoms with Crippen LogP contribution in [0.4, 0.5) is 5.69 Å². The molecule has 0 radical (unpaired) electrons. The number of nitrogens with zero attached hydrogens (tertiary/aromatic N) is 3. The van der Waals surface area contributed by atoms with Crippen molar-refractivity contribution in [2.24, 2.45) is 0 Å². The Morgan fingerprint density at radius 3 is 2.32 bits per heavy atom. The van der Waals surface area contributed by atoms with Crippen LogP contribution < -0.4 is 5.32 Å². The number of amides is 3. The fraction of sp³-hybridized carbons (Fsp3) is 0.444. The number of likely N-dealkylation sites (tertiary alicyclic amines) is 1. The number of benzene rings is 2. The van der Waals surface area contributed by atoms with Crippen molar-refractivity contribution in [2.75, 3.05) is 44.6 Å². The number of aryl methyl sites for hydroxylation is 1. The van der Waals surface area contributed by atoms with E-state index in [-0.39, 0.29) is 17.7 Å². The zero-order valence-electron chi connectivity index (χ0n) is 19.9. The molecule has 2 heterocycles. The number of piperidine rings is 1. The Kier molecular flexibility index (Phi) is 7.95. The van der Waals surface area contributed by atoms with E-state index in [1.165, 1.54) is 0 Å². The third kappa shape index (κ3) is 5.65. The maximum absolute atomic E-state index is 13.6. The molecule has 3 amide bonds. The van der Waals surface area contributed by atoms with Crippen LogP contribution >= 0.6 is 0 Å². The number of carbonyl (C=O) groups is 3. The molecule has 0 aromatic heterocycles. The molecule has 34 heavy (non-hydrogen) atoms. The lowest BCUT2D eigenvalue weighted by atomic mass is 9.99. The standard InChI is InChI=1S/C27H34N4O3/c1-2-21-10-6-7-13-23(21)28-24(32)20-29-16-18-30(19-17-29)27(34)26(22-11-4-3-5-12-22)31-15-9-8-14-25(31)33/h3-7,10-13,26H,2,8-9,14-20H2,1H3,(H,28,32). The molecule has 2 saturated heterocycles. The minimum Gasteiger partial charge on any atom is -0.338 e. The van der Waals surface area contributed by atoms with Gasteiger partial charge in [0.05, 0.1) is 6.54 Å². The summed E-state index contributed by atoms with van der Waals surface area (Å²) in [7, 11) is 0. The molecular formula is C27H34N4O3. The van der Waals surface area contributed by atoms with E-state index in [0.717, 1.165) is 36.1 Å². The van der Waals surface area contributed by atoms with Gasteiger partial charge < -0.3 is 15.1 Å². The van der Waals surface area contributed by atoms with Gasteiger partial charge >= 0.3 is 0 Å². The summed E-state index contributed by atoms with van der Waals surface area (Å²) in [4.78, 5) is 44.6. The van der Waals surface area contributed by atoms with Gasteiger partial charge in [-0.15, -0.1) is 0 Å². The van der Waals surface area contributed by atoms with Gasteiger partial charge in [0.15, 0.2) is 0 Å². The zero-order valence-corrected chi connectivity index (χ0v) is 19.9. The molecular weight excluding hydrogens is 428 g/mol. The summed E-state index contributed by atoms with van der Waals surface area (Å²) in [6.45, 7) is 5.33. The van der Waals surface area contributed by atoms with Crippen molar-refractivity contribution in [3.05, 3.63) is 65.7 Å². The molecule has 1 atom stereocenters. The average molecular weight is 463 g/mol. The smallest absolute Gasteiger partial charge is 0.250 e. The van der Waals surface area contributed by atoms with Crippen LogP contribution in [0.3, 0.4) is 0 Å². The minimum atomic E-state index is -0.575. The average Bonchev–Trinajstić information content (AvgIpc) is 2.86. The molecule has 4 rings (SSSR count). The first-order valence-electron chi connectivity index (χ1n) is 12.3. The Bertz CT molecular complexity index is 1000. The van der Waals surface area contributed by atoms with E-state index in [1.54, 1.807) is 4.90 Å². The molecule has 2 aromatic carbocycles. The maximum Gasteiger partial charge on any atom is 0.250 e. The van der Waals surface area contributed by atoms with Gasteiger partial charge in [-0.1, -0.05) is 55.5 Å². The summed E-state index contributed by atoms with van der Waals surface area (Å²) in [5.41, 5.74) is 2.84. The third-order valence-electron chi connectivity index (χ3n) is 6.74. The van der Waals surface area contributed by atoms with Gasteiger partial charge in [0.1, 0.15) is 6.04 Å². The van der Waals surface area contributed by atoms with Gasteiger partial charge in [0.25, 0.3) is 0 Å². The molecule has 0 spiro atoms. The minimum absolute atomic E-state index is 0.0255. The van der Waals surface area contributed by atoms with Crippen LogP contribution in [0.25, 0.3) is 0 Å². The van der Waals surface area contributed by atoms with Gasteiger partial charge in [-0.2, -0.15) is 0 Å². The Hall–Kier alpha value is -3.19. The quantitative estimate of drug-likeness (QED) is 0.686. The Balaban J connectivity index is 1.37. The Morgan fingerprint density at radius 2 is 1.62 bits per heavy atom. The number of hydrogen-bond donors (Lipinski definition) is 1. The number of nitrogens with one attached hydrogen (secondary N) is 1.